The van der Waals surface area contributed by atoms with Crippen molar-refractivity contribution in [1.29, 1.82) is 0 Å². The van der Waals surface area contributed by atoms with Crippen LogP contribution in [-0.2, 0) is 0 Å². The van der Waals surface area contributed by atoms with Gasteiger partial charge in [0.15, 0.2) is 0 Å². The lowest BCUT2D eigenvalue weighted by molar-refractivity contribution is 0.0744. The predicted octanol–water partition coefficient (Wildman–Crippen LogP) is 2.86. The molecule has 0 bridgehead atoms. The van der Waals surface area contributed by atoms with E-state index in [-0.39, 0.29) is 5.91 Å². The summed E-state index contributed by atoms with van der Waals surface area (Å²) in [6.07, 6.45) is 3.91. The van der Waals surface area contributed by atoms with Crippen LogP contribution >= 0.6 is 0 Å². The average Bonchev–Trinajstić information content (AvgIpc) is 2.83. The maximum Gasteiger partial charge on any atom is 0.273 e. The van der Waals surface area contributed by atoms with E-state index in [9.17, 15) is 4.79 Å². The third-order valence-corrected chi connectivity index (χ3v) is 3.69. The Bertz CT molecular complexity index is 589. The topological polar surface area (TPSA) is 33.2 Å². The van der Waals surface area contributed by atoms with Crippen molar-refractivity contribution in [2.45, 2.75) is 25.8 Å². The van der Waals surface area contributed by atoms with Gasteiger partial charge in [-0.1, -0.05) is 24.3 Å². The van der Waals surface area contributed by atoms with Crippen LogP contribution in [0.3, 0.4) is 0 Å². The molecule has 1 atom stereocenters. The average molecular weight is 240 g/mol. The Morgan fingerprint density at radius 3 is 2.94 bits per heavy atom. The van der Waals surface area contributed by atoms with Crippen LogP contribution in [0.4, 0.5) is 0 Å². The minimum absolute atomic E-state index is 0.0665. The highest BCUT2D eigenvalue weighted by Gasteiger charge is 2.27. The summed E-state index contributed by atoms with van der Waals surface area (Å²) in [7, 11) is 0. The highest BCUT2D eigenvalue weighted by molar-refractivity contribution is 6.05. The molecule has 18 heavy (non-hydrogen) atoms. The maximum atomic E-state index is 12.5. The molecular formula is C15H16N2O. The van der Waals surface area contributed by atoms with Gasteiger partial charge in [0.1, 0.15) is 5.69 Å². The van der Waals surface area contributed by atoms with Crippen LogP contribution < -0.4 is 0 Å². The van der Waals surface area contributed by atoms with Crippen molar-refractivity contribution in [3.63, 3.8) is 0 Å². The van der Waals surface area contributed by atoms with Crippen LogP contribution in [-0.4, -0.2) is 28.4 Å². The first-order valence-electron chi connectivity index (χ1n) is 6.42. The van der Waals surface area contributed by atoms with Crippen molar-refractivity contribution in [2.24, 2.45) is 0 Å². The minimum Gasteiger partial charge on any atom is -0.335 e. The number of benzene rings is 1. The quantitative estimate of drug-likeness (QED) is 0.768. The van der Waals surface area contributed by atoms with Crippen molar-refractivity contribution in [3.8, 4) is 0 Å². The standard InChI is InChI=1S/C15H16N2O/c1-11-5-4-10-17(11)15(18)14-13-7-3-2-6-12(13)8-9-16-14/h2-3,6-9,11H,4-5,10H2,1H3. The van der Waals surface area contributed by atoms with Crippen LogP contribution in [0.25, 0.3) is 10.8 Å². The second kappa shape index (κ2) is 4.41. The number of rotatable bonds is 1. The van der Waals surface area contributed by atoms with E-state index < -0.39 is 0 Å². The van der Waals surface area contributed by atoms with Gasteiger partial charge in [0.25, 0.3) is 5.91 Å². The van der Waals surface area contributed by atoms with E-state index in [0.717, 1.165) is 30.2 Å². The van der Waals surface area contributed by atoms with Crippen LogP contribution in [0, 0.1) is 0 Å². The van der Waals surface area contributed by atoms with Crippen molar-refractivity contribution < 1.29 is 4.79 Å². The van der Waals surface area contributed by atoms with E-state index in [1.165, 1.54) is 0 Å². The molecule has 92 valence electrons. The molecule has 1 saturated heterocycles. The summed E-state index contributed by atoms with van der Waals surface area (Å²) >= 11 is 0. The predicted molar refractivity (Wildman–Crippen MR) is 71.5 cm³/mol. The molecule has 3 nitrogen and oxygen atoms in total. The molecule has 3 rings (SSSR count). The number of carbonyl (C=O) groups excluding carboxylic acids is 1. The third kappa shape index (κ3) is 1.76. The summed E-state index contributed by atoms with van der Waals surface area (Å²) in [4.78, 5) is 18.8. The Morgan fingerprint density at radius 1 is 1.33 bits per heavy atom. The van der Waals surface area contributed by atoms with Crippen molar-refractivity contribution in [1.82, 2.24) is 9.88 Å². The highest BCUT2D eigenvalue weighted by Crippen LogP contribution is 2.22. The SMILES string of the molecule is CC1CCCN1C(=O)c1nccc2ccccc12. The number of hydrogen-bond acceptors (Lipinski definition) is 2. The van der Waals surface area contributed by atoms with E-state index >= 15 is 0 Å². The Kier molecular flexibility index (Phi) is 2.74. The Hall–Kier alpha value is -1.90. The summed E-state index contributed by atoms with van der Waals surface area (Å²) < 4.78 is 0. The van der Waals surface area contributed by atoms with E-state index in [0.29, 0.717) is 11.7 Å². The van der Waals surface area contributed by atoms with Gasteiger partial charge in [-0.15, -0.1) is 0 Å². The fourth-order valence-electron chi connectivity index (χ4n) is 2.66. The van der Waals surface area contributed by atoms with Gasteiger partial charge in [-0.05, 0) is 31.2 Å². The van der Waals surface area contributed by atoms with E-state index in [2.05, 4.69) is 11.9 Å². The van der Waals surface area contributed by atoms with Crippen LogP contribution in [0.1, 0.15) is 30.3 Å². The van der Waals surface area contributed by atoms with Gasteiger partial charge in [0.2, 0.25) is 0 Å². The molecule has 1 aliphatic heterocycles. The van der Waals surface area contributed by atoms with E-state index in [4.69, 9.17) is 0 Å². The first-order valence-corrected chi connectivity index (χ1v) is 6.42. The Labute approximate surface area is 106 Å². The molecule has 1 aliphatic rings. The number of amides is 1. The zero-order chi connectivity index (χ0) is 12.5. The lowest BCUT2D eigenvalue weighted by atomic mass is 10.1. The van der Waals surface area contributed by atoms with Gasteiger partial charge in [-0.25, -0.2) is 0 Å². The molecule has 0 saturated carbocycles. The number of likely N-dealkylation sites (tertiary alicyclic amines) is 1. The van der Waals surface area contributed by atoms with Gasteiger partial charge in [0.05, 0.1) is 0 Å². The lowest BCUT2D eigenvalue weighted by Crippen LogP contribution is -2.34. The third-order valence-electron chi connectivity index (χ3n) is 3.69. The number of pyridine rings is 1. The Morgan fingerprint density at radius 2 is 2.17 bits per heavy atom. The summed E-state index contributed by atoms with van der Waals surface area (Å²) in [6.45, 7) is 2.96. The molecule has 1 aromatic heterocycles. The first kappa shape index (κ1) is 11.2. The summed E-state index contributed by atoms with van der Waals surface area (Å²) in [6, 6.07) is 10.2. The zero-order valence-electron chi connectivity index (χ0n) is 10.5. The molecule has 3 heteroatoms. The van der Waals surface area contributed by atoms with Gasteiger partial charge in [-0.3, -0.25) is 9.78 Å². The van der Waals surface area contributed by atoms with Gasteiger partial charge in [0, 0.05) is 24.2 Å². The number of aromatic nitrogens is 1. The zero-order valence-corrected chi connectivity index (χ0v) is 10.5. The fraction of sp³-hybridized carbons (Fsp3) is 0.333. The van der Waals surface area contributed by atoms with Crippen molar-refractivity contribution in [3.05, 3.63) is 42.2 Å². The second-order valence-corrected chi connectivity index (χ2v) is 4.87. The van der Waals surface area contributed by atoms with Crippen molar-refractivity contribution >= 4 is 16.7 Å². The molecule has 0 spiro atoms. The summed E-state index contributed by atoms with van der Waals surface area (Å²) in [5.74, 6) is 0.0665. The lowest BCUT2D eigenvalue weighted by Gasteiger charge is -2.21. The molecule has 1 aromatic carbocycles. The molecular weight excluding hydrogens is 224 g/mol. The normalized spacial score (nSPS) is 19.4. The van der Waals surface area contributed by atoms with E-state index in [1.54, 1.807) is 6.20 Å². The minimum atomic E-state index is 0.0665. The van der Waals surface area contributed by atoms with Crippen molar-refractivity contribution in [2.75, 3.05) is 6.54 Å². The molecule has 1 unspecified atom stereocenters. The first-order chi connectivity index (χ1) is 8.77. The van der Waals surface area contributed by atoms with E-state index in [1.807, 2.05) is 35.2 Å². The second-order valence-electron chi connectivity index (χ2n) is 4.87. The maximum absolute atomic E-state index is 12.5. The van der Waals surface area contributed by atoms with Crippen LogP contribution in [0.15, 0.2) is 36.5 Å². The van der Waals surface area contributed by atoms with Crippen LogP contribution in [0.2, 0.25) is 0 Å². The summed E-state index contributed by atoms with van der Waals surface area (Å²) in [5.41, 5.74) is 0.585. The number of nitrogens with zero attached hydrogens (tertiary/aromatic N) is 2. The van der Waals surface area contributed by atoms with Gasteiger partial charge < -0.3 is 4.90 Å². The number of fused-ring (bicyclic) bond motifs is 1. The van der Waals surface area contributed by atoms with Gasteiger partial charge >= 0.3 is 0 Å². The monoisotopic (exact) mass is 240 g/mol. The largest absolute Gasteiger partial charge is 0.335 e. The molecule has 2 aromatic rings. The fourth-order valence-corrected chi connectivity index (χ4v) is 2.66. The number of carbonyl (C=O) groups is 1. The molecule has 2 heterocycles. The molecule has 0 radical (unpaired) electrons. The number of hydrogen-bond donors (Lipinski definition) is 0. The molecule has 1 fully saturated rings. The molecule has 0 aliphatic carbocycles. The smallest absolute Gasteiger partial charge is 0.273 e. The molecule has 1 amide bonds. The Balaban J connectivity index is 2.06. The van der Waals surface area contributed by atoms with Crippen LogP contribution in [0.5, 0.6) is 0 Å². The van der Waals surface area contributed by atoms with Gasteiger partial charge in [-0.2, -0.15) is 0 Å². The highest BCUT2D eigenvalue weighted by atomic mass is 16.2. The molecule has 0 N–H and O–H groups in total. The summed E-state index contributed by atoms with van der Waals surface area (Å²) in [5, 5.41) is 2.02.